The lowest BCUT2D eigenvalue weighted by atomic mass is 10.2. The van der Waals surface area contributed by atoms with Crippen LogP contribution in [-0.2, 0) is 16.1 Å². The van der Waals surface area contributed by atoms with Crippen LogP contribution in [-0.4, -0.2) is 39.5 Å². The van der Waals surface area contributed by atoms with Gasteiger partial charge in [0, 0.05) is 11.6 Å². The lowest BCUT2D eigenvalue weighted by Crippen LogP contribution is -2.16. The van der Waals surface area contributed by atoms with Gasteiger partial charge in [0.2, 0.25) is 5.91 Å². The van der Waals surface area contributed by atoms with E-state index in [4.69, 9.17) is 21.1 Å². The van der Waals surface area contributed by atoms with Crippen LogP contribution in [0, 0.1) is 6.92 Å². The molecule has 1 N–H and O–H groups in total. The Bertz CT molecular complexity index is 1120. The number of esters is 1. The molecule has 8 nitrogen and oxygen atoms in total. The summed E-state index contributed by atoms with van der Waals surface area (Å²) in [4.78, 5) is 24.2. The van der Waals surface area contributed by atoms with Crippen LogP contribution in [0.15, 0.2) is 34.8 Å². The average Bonchev–Trinajstić information content (AvgIpc) is 3.40. The predicted molar refractivity (Wildman–Crippen MR) is 126 cm³/mol. The Hall–Kier alpha value is -2.56. The highest BCUT2D eigenvalue weighted by Gasteiger charge is 2.21. The van der Waals surface area contributed by atoms with Crippen LogP contribution in [0.2, 0.25) is 5.02 Å². The molecule has 2 heterocycles. The highest BCUT2D eigenvalue weighted by molar-refractivity contribution is 7.99. The molecule has 3 aromatic rings. The molecule has 1 unspecified atom stereocenters. The van der Waals surface area contributed by atoms with Gasteiger partial charge in [-0.05, 0) is 56.0 Å². The minimum absolute atomic E-state index is 0.113. The van der Waals surface area contributed by atoms with Crippen molar-refractivity contribution in [3.05, 3.63) is 51.6 Å². The number of ether oxygens (including phenoxy) is 2. The highest BCUT2D eigenvalue weighted by Crippen LogP contribution is 2.29. The Kier molecular flexibility index (Phi) is 8.16. The number of halogens is 1. The molecule has 3 rings (SSSR count). The van der Waals surface area contributed by atoms with Gasteiger partial charge in [-0.25, -0.2) is 4.79 Å². The third-order valence-electron chi connectivity index (χ3n) is 4.52. The number of thioether (sulfide) groups is 1. The van der Waals surface area contributed by atoms with E-state index in [9.17, 15) is 9.59 Å². The van der Waals surface area contributed by atoms with Crippen LogP contribution in [0.3, 0.4) is 0 Å². The number of methoxy groups -OCH3 is 1. The number of carbonyl (C=O) groups excluding carboxylic acids is 2. The van der Waals surface area contributed by atoms with E-state index in [1.165, 1.54) is 30.2 Å². The zero-order valence-electron chi connectivity index (χ0n) is 18.0. The molecule has 0 aliphatic heterocycles. The van der Waals surface area contributed by atoms with Crippen molar-refractivity contribution in [3.63, 3.8) is 0 Å². The monoisotopic (exact) mass is 494 g/mol. The molecule has 1 aromatic carbocycles. The number of hydrogen-bond acceptors (Lipinski definition) is 8. The predicted octanol–water partition coefficient (Wildman–Crippen LogP) is 4.98. The molecule has 11 heteroatoms. The van der Waals surface area contributed by atoms with E-state index in [-0.39, 0.29) is 17.8 Å². The fourth-order valence-corrected chi connectivity index (χ4v) is 4.79. The molecule has 1 atom stereocenters. The van der Waals surface area contributed by atoms with Crippen molar-refractivity contribution in [2.45, 2.75) is 38.6 Å². The summed E-state index contributed by atoms with van der Waals surface area (Å²) in [6.07, 6.45) is -0.348. The number of carbonyl (C=O) groups is 2. The molecule has 0 fully saturated rings. The first-order chi connectivity index (χ1) is 15.3. The Morgan fingerprint density at radius 2 is 2.09 bits per heavy atom. The minimum atomic E-state index is -0.491. The summed E-state index contributed by atoms with van der Waals surface area (Å²) in [5.41, 5.74) is 1.26. The molecule has 0 spiro atoms. The summed E-state index contributed by atoms with van der Waals surface area (Å²) >= 11 is 8.54. The molecule has 0 saturated heterocycles. The Balaban J connectivity index is 1.65. The van der Waals surface area contributed by atoms with E-state index in [0.29, 0.717) is 33.1 Å². The summed E-state index contributed by atoms with van der Waals surface area (Å²) in [6.45, 7) is 6.43. The third-order valence-corrected chi connectivity index (χ3v) is 6.55. The third kappa shape index (κ3) is 5.62. The number of rotatable bonds is 9. The van der Waals surface area contributed by atoms with Gasteiger partial charge in [-0.2, -0.15) is 0 Å². The minimum Gasteiger partial charge on any atom is -0.482 e. The second kappa shape index (κ2) is 10.8. The van der Waals surface area contributed by atoms with Crippen molar-refractivity contribution in [1.82, 2.24) is 14.8 Å². The van der Waals surface area contributed by atoms with Crippen molar-refractivity contribution in [3.8, 4) is 5.75 Å². The number of aromatic nitrogens is 3. The lowest BCUT2D eigenvalue weighted by molar-refractivity contribution is -0.113. The first kappa shape index (κ1) is 24.1. The first-order valence-corrected chi connectivity index (χ1v) is 12.0. The largest absolute Gasteiger partial charge is 0.482 e. The Labute approximate surface area is 199 Å². The average molecular weight is 495 g/mol. The van der Waals surface area contributed by atoms with Crippen molar-refractivity contribution >= 4 is 51.6 Å². The molecule has 1 amide bonds. The van der Waals surface area contributed by atoms with Crippen molar-refractivity contribution < 1.29 is 19.1 Å². The quantitative estimate of drug-likeness (QED) is 0.331. The Morgan fingerprint density at radius 1 is 1.31 bits per heavy atom. The number of amides is 1. The lowest BCUT2D eigenvalue weighted by Gasteiger charge is -2.17. The molecule has 170 valence electrons. The maximum absolute atomic E-state index is 12.4. The van der Waals surface area contributed by atoms with E-state index >= 15 is 0 Å². The molecule has 32 heavy (non-hydrogen) atoms. The van der Waals surface area contributed by atoms with Crippen LogP contribution in [0.25, 0.3) is 0 Å². The maximum atomic E-state index is 12.4. The van der Waals surface area contributed by atoms with E-state index in [1.54, 1.807) is 17.5 Å². The number of benzene rings is 1. The number of nitrogens with zero attached hydrogens (tertiary/aromatic N) is 3. The highest BCUT2D eigenvalue weighted by atomic mass is 35.5. The van der Waals surface area contributed by atoms with Gasteiger partial charge in [0.25, 0.3) is 0 Å². The topological polar surface area (TPSA) is 95.3 Å². The summed E-state index contributed by atoms with van der Waals surface area (Å²) < 4.78 is 12.7. The van der Waals surface area contributed by atoms with Gasteiger partial charge in [-0.3, -0.25) is 4.79 Å². The van der Waals surface area contributed by atoms with Crippen molar-refractivity contribution in [2.75, 3.05) is 18.2 Å². The normalized spacial score (nSPS) is 11.8. The molecule has 0 bridgehead atoms. The number of nitrogens with one attached hydrogen (secondary N) is 1. The zero-order chi connectivity index (χ0) is 23.3. The second-order valence-electron chi connectivity index (χ2n) is 6.75. The van der Waals surface area contributed by atoms with Crippen LogP contribution >= 0.6 is 34.7 Å². The van der Waals surface area contributed by atoms with Gasteiger partial charge >= 0.3 is 5.97 Å². The Morgan fingerprint density at radius 3 is 2.78 bits per heavy atom. The van der Waals surface area contributed by atoms with E-state index in [1.807, 2.05) is 37.5 Å². The molecule has 0 radical (unpaired) electrons. The van der Waals surface area contributed by atoms with Gasteiger partial charge in [-0.15, -0.1) is 21.5 Å². The molecule has 2 aromatic heterocycles. The van der Waals surface area contributed by atoms with Crippen molar-refractivity contribution in [2.24, 2.45) is 0 Å². The first-order valence-electron chi connectivity index (χ1n) is 9.78. The smallest absolute Gasteiger partial charge is 0.340 e. The summed E-state index contributed by atoms with van der Waals surface area (Å²) in [6, 6.07) is 7.06. The zero-order valence-corrected chi connectivity index (χ0v) is 20.4. The van der Waals surface area contributed by atoms with Crippen LogP contribution < -0.4 is 10.1 Å². The summed E-state index contributed by atoms with van der Waals surface area (Å²) in [5, 5.41) is 14.7. The van der Waals surface area contributed by atoms with Crippen LogP contribution in [0.5, 0.6) is 5.75 Å². The van der Waals surface area contributed by atoms with E-state index in [2.05, 4.69) is 15.5 Å². The fraction of sp³-hybridized carbons (Fsp3) is 0.333. The van der Waals surface area contributed by atoms with Gasteiger partial charge in [0.1, 0.15) is 10.8 Å². The standard InChI is InChI=1S/C21H23ClN4O4S2/c1-5-26-18(13(3)30-16-7-6-14(22)10-12(16)2)24-25-21(26)32-11-17(27)23-19-15(8-9-31-19)20(28)29-4/h6-10,13H,5,11H2,1-4H3,(H,23,27). The molecular formula is C21H23ClN4O4S2. The number of hydrogen-bond donors (Lipinski definition) is 1. The van der Waals surface area contributed by atoms with Gasteiger partial charge in [0.15, 0.2) is 17.1 Å². The second-order valence-corrected chi connectivity index (χ2v) is 9.04. The SMILES string of the molecule is CCn1c(SCC(=O)Nc2sccc2C(=O)OC)nnc1C(C)Oc1ccc(Cl)cc1C. The van der Waals surface area contributed by atoms with Crippen LogP contribution in [0.4, 0.5) is 5.00 Å². The summed E-state index contributed by atoms with van der Waals surface area (Å²) in [7, 11) is 1.30. The molecular weight excluding hydrogens is 472 g/mol. The fourth-order valence-electron chi connectivity index (χ4n) is 2.96. The van der Waals surface area contributed by atoms with E-state index < -0.39 is 5.97 Å². The van der Waals surface area contributed by atoms with Gasteiger partial charge < -0.3 is 19.4 Å². The molecule has 0 aliphatic rings. The summed E-state index contributed by atoms with van der Waals surface area (Å²) in [5.74, 6) is 0.752. The van der Waals surface area contributed by atoms with E-state index in [0.717, 1.165) is 11.3 Å². The van der Waals surface area contributed by atoms with Gasteiger partial charge in [0.05, 0.1) is 18.4 Å². The maximum Gasteiger partial charge on any atom is 0.340 e. The van der Waals surface area contributed by atoms with Crippen molar-refractivity contribution in [1.29, 1.82) is 0 Å². The number of aryl methyl sites for hydroxylation is 1. The molecule has 0 saturated carbocycles. The number of thiophene rings is 1. The number of anilines is 1. The van der Waals surface area contributed by atoms with Crippen LogP contribution in [0.1, 0.15) is 41.7 Å². The molecule has 0 aliphatic carbocycles. The van der Waals surface area contributed by atoms with Gasteiger partial charge in [-0.1, -0.05) is 23.4 Å².